The Balaban J connectivity index is 1.79. The van der Waals surface area contributed by atoms with Crippen molar-refractivity contribution in [2.75, 3.05) is 26.2 Å². The van der Waals surface area contributed by atoms with Crippen molar-refractivity contribution in [2.24, 2.45) is 0 Å². The minimum atomic E-state index is 0.301. The number of hydrogen-bond donors (Lipinski definition) is 1. The summed E-state index contributed by atoms with van der Waals surface area (Å²) >= 11 is 7.06. The molecule has 1 aromatic rings. The molecule has 0 bridgehead atoms. The van der Waals surface area contributed by atoms with Crippen LogP contribution >= 0.6 is 31.9 Å². The number of rotatable bonds is 8. The van der Waals surface area contributed by atoms with Gasteiger partial charge in [0.1, 0.15) is 5.75 Å². The SMILES string of the molecule is CCOc1c(Br)cc(Br)cc1CNCCCN1CCCC1=O. The largest absolute Gasteiger partial charge is 0.492 e. The van der Waals surface area contributed by atoms with Crippen molar-refractivity contribution in [2.45, 2.75) is 32.7 Å². The molecule has 0 spiro atoms. The smallest absolute Gasteiger partial charge is 0.222 e. The van der Waals surface area contributed by atoms with Crippen molar-refractivity contribution >= 4 is 37.8 Å². The first-order valence-electron chi connectivity index (χ1n) is 7.71. The molecule has 1 amide bonds. The standard InChI is InChI=1S/C16H22Br2N2O2/c1-2-22-16-12(9-13(17)10-14(16)18)11-19-6-4-8-20-7-3-5-15(20)21/h9-10,19H,2-8,11H2,1H3. The topological polar surface area (TPSA) is 41.6 Å². The van der Waals surface area contributed by atoms with Crippen molar-refractivity contribution in [1.29, 1.82) is 0 Å². The lowest BCUT2D eigenvalue weighted by atomic mass is 10.2. The van der Waals surface area contributed by atoms with E-state index in [2.05, 4.69) is 43.2 Å². The van der Waals surface area contributed by atoms with E-state index >= 15 is 0 Å². The van der Waals surface area contributed by atoms with Crippen LogP contribution in [0.3, 0.4) is 0 Å². The van der Waals surface area contributed by atoms with E-state index in [0.717, 1.165) is 65.7 Å². The van der Waals surface area contributed by atoms with Crippen LogP contribution in [-0.4, -0.2) is 37.0 Å². The predicted molar refractivity (Wildman–Crippen MR) is 95.1 cm³/mol. The van der Waals surface area contributed by atoms with Crippen molar-refractivity contribution in [3.63, 3.8) is 0 Å². The van der Waals surface area contributed by atoms with Gasteiger partial charge in [-0.1, -0.05) is 15.9 Å². The van der Waals surface area contributed by atoms with Gasteiger partial charge in [-0.2, -0.15) is 0 Å². The average molecular weight is 434 g/mol. The zero-order valence-electron chi connectivity index (χ0n) is 12.8. The Morgan fingerprint density at radius 1 is 1.36 bits per heavy atom. The normalized spacial score (nSPS) is 14.7. The molecule has 1 aliphatic rings. The second kappa shape index (κ2) is 8.89. The average Bonchev–Trinajstić information content (AvgIpc) is 2.87. The molecule has 1 saturated heterocycles. The maximum Gasteiger partial charge on any atom is 0.222 e. The summed E-state index contributed by atoms with van der Waals surface area (Å²) in [6.45, 7) is 6.04. The van der Waals surface area contributed by atoms with Gasteiger partial charge in [0.2, 0.25) is 5.91 Å². The Kier molecular flexibility index (Phi) is 7.18. The van der Waals surface area contributed by atoms with Crippen LogP contribution in [0.25, 0.3) is 0 Å². The van der Waals surface area contributed by atoms with E-state index in [1.165, 1.54) is 0 Å². The molecule has 1 aromatic carbocycles. The summed E-state index contributed by atoms with van der Waals surface area (Å²) < 4.78 is 7.71. The highest BCUT2D eigenvalue weighted by Crippen LogP contribution is 2.32. The van der Waals surface area contributed by atoms with Gasteiger partial charge in [-0.25, -0.2) is 0 Å². The number of carbonyl (C=O) groups excluding carboxylic acids is 1. The summed E-state index contributed by atoms with van der Waals surface area (Å²) in [6.07, 6.45) is 2.71. The zero-order chi connectivity index (χ0) is 15.9. The van der Waals surface area contributed by atoms with E-state index in [1.807, 2.05) is 17.9 Å². The fourth-order valence-electron chi connectivity index (χ4n) is 2.61. The number of ether oxygens (including phenoxy) is 1. The summed E-state index contributed by atoms with van der Waals surface area (Å²) in [5.41, 5.74) is 1.13. The van der Waals surface area contributed by atoms with Crippen molar-refractivity contribution in [3.05, 3.63) is 26.6 Å². The molecule has 0 unspecified atom stereocenters. The summed E-state index contributed by atoms with van der Waals surface area (Å²) in [7, 11) is 0. The lowest BCUT2D eigenvalue weighted by Gasteiger charge is -2.16. The van der Waals surface area contributed by atoms with E-state index in [-0.39, 0.29) is 0 Å². The lowest BCUT2D eigenvalue weighted by molar-refractivity contribution is -0.127. The minimum Gasteiger partial charge on any atom is -0.492 e. The Morgan fingerprint density at radius 2 is 2.18 bits per heavy atom. The second-order valence-corrected chi connectivity index (χ2v) is 7.09. The molecule has 0 aliphatic carbocycles. The van der Waals surface area contributed by atoms with E-state index in [0.29, 0.717) is 12.5 Å². The van der Waals surface area contributed by atoms with Crippen molar-refractivity contribution in [1.82, 2.24) is 10.2 Å². The van der Waals surface area contributed by atoms with E-state index < -0.39 is 0 Å². The second-order valence-electron chi connectivity index (χ2n) is 5.32. The molecular formula is C16H22Br2N2O2. The van der Waals surface area contributed by atoms with Crippen LogP contribution in [0.2, 0.25) is 0 Å². The fourth-order valence-corrected chi connectivity index (χ4v) is 4.04. The maximum absolute atomic E-state index is 11.5. The first-order valence-corrected chi connectivity index (χ1v) is 9.29. The number of halogens is 2. The van der Waals surface area contributed by atoms with E-state index in [9.17, 15) is 4.79 Å². The fraction of sp³-hybridized carbons (Fsp3) is 0.562. The predicted octanol–water partition coefficient (Wildman–Crippen LogP) is 3.71. The van der Waals surface area contributed by atoms with Crippen molar-refractivity contribution in [3.8, 4) is 5.75 Å². The zero-order valence-corrected chi connectivity index (χ0v) is 16.0. The number of hydrogen-bond acceptors (Lipinski definition) is 3. The molecule has 4 nitrogen and oxygen atoms in total. The van der Waals surface area contributed by atoms with Gasteiger partial charge in [-0.15, -0.1) is 0 Å². The Bertz CT molecular complexity index is 523. The highest BCUT2D eigenvalue weighted by atomic mass is 79.9. The minimum absolute atomic E-state index is 0.301. The molecule has 1 heterocycles. The molecule has 122 valence electrons. The lowest BCUT2D eigenvalue weighted by Crippen LogP contribution is -2.28. The van der Waals surface area contributed by atoms with Gasteiger partial charge in [-0.05, 0) is 54.4 Å². The molecule has 0 aromatic heterocycles. The summed E-state index contributed by atoms with van der Waals surface area (Å²) in [6, 6.07) is 4.07. The summed E-state index contributed by atoms with van der Waals surface area (Å²) in [5, 5.41) is 3.43. The van der Waals surface area contributed by atoms with Crippen LogP contribution in [0.4, 0.5) is 0 Å². The Labute approximate surface area is 148 Å². The van der Waals surface area contributed by atoms with Crippen LogP contribution in [0, 0.1) is 0 Å². The Morgan fingerprint density at radius 3 is 2.86 bits per heavy atom. The van der Waals surface area contributed by atoms with E-state index in [4.69, 9.17) is 4.74 Å². The van der Waals surface area contributed by atoms with Gasteiger partial charge in [0, 0.05) is 36.1 Å². The molecular weight excluding hydrogens is 412 g/mol. The number of carbonyl (C=O) groups is 1. The Hall–Kier alpha value is -0.590. The van der Waals surface area contributed by atoms with Crippen LogP contribution in [0.5, 0.6) is 5.75 Å². The van der Waals surface area contributed by atoms with E-state index in [1.54, 1.807) is 0 Å². The summed E-state index contributed by atoms with van der Waals surface area (Å²) in [4.78, 5) is 13.5. The third kappa shape index (κ3) is 4.96. The van der Waals surface area contributed by atoms with Gasteiger partial charge < -0.3 is 15.0 Å². The third-order valence-electron chi connectivity index (χ3n) is 3.64. The number of benzene rings is 1. The first-order chi connectivity index (χ1) is 10.6. The maximum atomic E-state index is 11.5. The monoisotopic (exact) mass is 432 g/mol. The van der Waals surface area contributed by atoms with Crippen LogP contribution in [0.1, 0.15) is 31.7 Å². The van der Waals surface area contributed by atoms with Gasteiger partial charge in [0.05, 0.1) is 11.1 Å². The van der Waals surface area contributed by atoms with Crippen LogP contribution in [0.15, 0.2) is 21.1 Å². The molecule has 22 heavy (non-hydrogen) atoms. The molecule has 0 atom stereocenters. The molecule has 6 heteroatoms. The molecule has 1 N–H and O–H groups in total. The van der Waals surface area contributed by atoms with Gasteiger partial charge in [0.15, 0.2) is 0 Å². The molecule has 2 rings (SSSR count). The first kappa shape index (κ1) is 17.8. The highest BCUT2D eigenvalue weighted by Gasteiger charge is 2.18. The van der Waals surface area contributed by atoms with Crippen molar-refractivity contribution < 1.29 is 9.53 Å². The molecule has 1 aliphatic heterocycles. The highest BCUT2D eigenvalue weighted by molar-refractivity contribution is 9.11. The quantitative estimate of drug-likeness (QED) is 0.635. The summed E-state index contributed by atoms with van der Waals surface area (Å²) in [5.74, 6) is 1.20. The third-order valence-corrected chi connectivity index (χ3v) is 4.69. The van der Waals surface area contributed by atoms with Gasteiger partial charge >= 0.3 is 0 Å². The number of nitrogens with zero attached hydrogens (tertiary/aromatic N) is 1. The molecule has 0 saturated carbocycles. The van der Waals surface area contributed by atoms with Crippen LogP contribution in [-0.2, 0) is 11.3 Å². The number of nitrogens with one attached hydrogen (secondary N) is 1. The van der Waals surface area contributed by atoms with Crippen LogP contribution < -0.4 is 10.1 Å². The molecule has 0 radical (unpaired) electrons. The molecule has 1 fully saturated rings. The van der Waals surface area contributed by atoms with Gasteiger partial charge in [0.25, 0.3) is 0 Å². The number of likely N-dealkylation sites (tertiary alicyclic amines) is 1. The van der Waals surface area contributed by atoms with Gasteiger partial charge in [-0.3, -0.25) is 4.79 Å². The number of amides is 1.